The zero-order valence-electron chi connectivity index (χ0n) is 15.5. The van der Waals surface area contributed by atoms with E-state index >= 15 is 0 Å². The maximum atomic E-state index is 12.1. The predicted octanol–water partition coefficient (Wildman–Crippen LogP) is 5.77. The van der Waals surface area contributed by atoms with Crippen LogP contribution in [0.25, 0.3) is 0 Å². The molecule has 0 aliphatic heterocycles. The number of ether oxygens (including phenoxy) is 1. The lowest BCUT2D eigenvalue weighted by atomic mass is 9.82. The minimum Gasteiger partial charge on any atom is -0.444 e. The molecular formula is C19H37NO2. The van der Waals surface area contributed by atoms with Gasteiger partial charge in [0.25, 0.3) is 0 Å². The van der Waals surface area contributed by atoms with E-state index in [1.54, 1.807) is 0 Å². The largest absolute Gasteiger partial charge is 0.444 e. The van der Waals surface area contributed by atoms with Crippen LogP contribution in [0.2, 0.25) is 0 Å². The van der Waals surface area contributed by atoms with Crippen molar-refractivity contribution in [3.05, 3.63) is 0 Å². The van der Waals surface area contributed by atoms with Gasteiger partial charge in [-0.05, 0) is 52.4 Å². The summed E-state index contributed by atoms with van der Waals surface area (Å²) in [6.07, 6.45) is 12.9. The fourth-order valence-electron chi connectivity index (χ4n) is 3.34. The Bertz CT molecular complexity index is 314. The van der Waals surface area contributed by atoms with Crippen molar-refractivity contribution >= 4 is 6.09 Å². The molecule has 0 saturated heterocycles. The summed E-state index contributed by atoms with van der Waals surface area (Å²) in [6.45, 7) is 8.04. The Hall–Kier alpha value is -0.730. The molecule has 0 bridgehead atoms. The Kier molecular flexibility index (Phi) is 8.27. The van der Waals surface area contributed by atoms with Crippen LogP contribution in [0.15, 0.2) is 0 Å². The number of carbonyl (C=O) groups is 1. The number of carbonyl (C=O) groups excluding carboxylic acids is 1. The topological polar surface area (TPSA) is 29.5 Å². The molecule has 1 aliphatic rings. The summed E-state index contributed by atoms with van der Waals surface area (Å²) in [5, 5.41) is 0. The van der Waals surface area contributed by atoms with Gasteiger partial charge in [-0.1, -0.05) is 45.4 Å². The van der Waals surface area contributed by atoms with E-state index in [9.17, 15) is 4.79 Å². The van der Waals surface area contributed by atoms with Crippen LogP contribution < -0.4 is 0 Å². The molecular weight excluding hydrogens is 274 g/mol. The molecule has 22 heavy (non-hydrogen) atoms. The molecule has 0 unspecified atom stereocenters. The van der Waals surface area contributed by atoms with Gasteiger partial charge in [-0.25, -0.2) is 4.79 Å². The number of unbranched alkanes of at least 4 members (excludes halogenated alkanes) is 4. The Morgan fingerprint density at radius 1 is 1.05 bits per heavy atom. The van der Waals surface area contributed by atoms with Crippen LogP contribution in [0.4, 0.5) is 4.79 Å². The first-order chi connectivity index (χ1) is 10.3. The molecule has 0 atom stereocenters. The summed E-state index contributed by atoms with van der Waals surface area (Å²) in [4.78, 5) is 13.9. The van der Waals surface area contributed by atoms with Crippen molar-refractivity contribution in [1.29, 1.82) is 0 Å². The Balaban J connectivity index is 2.22. The average Bonchev–Trinajstić information content (AvgIpc) is 2.45. The van der Waals surface area contributed by atoms with Crippen molar-refractivity contribution in [2.45, 2.75) is 104 Å². The van der Waals surface area contributed by atoms with Crippen molar-refractivity contribution in [2.24, 2.45) is 5.92 Å². The van der Waals surface area contributed by atoms with Crippen LogP contribution in [-0.4, -0.2) is 29.7 Å². The normalized spacial score (nSPS) is 22.4. The summed E-state index contributed by atoms with van der Waals surface area (Å²) < 4.78 is 5.47. The Morgan fingerprint density at radius 3 is 2.18 bits per heavy atom. The van der Waals surface area contributed by atoms with Gasteiger partial charge in [0, 0.05) is 13.1 Å². The molecule has 130 valence electrons. The highest BCUT2D eigenvalue weighted by Gasteiger charge is 2.28. The molecule has 0 aromatic heterocycles. The van der Waals surface area contributed by atoms with E-state index in [2.05, 4.69) is 6.92 Å². The molecule has 0 aromatic rings. The van der Waals surface area contributed by atoms with Gasteiger partial charge >= 0.3 is 6.09 Å². The van der Waals surface area contributed by atoms with E-state index in [4.69, 9.17) is 4.74 Å². The summed E-state index contributed by atoms with van der Waals surface area (Å²) in [5.41, 5.74) is -0.402. The summed E-state index contributed by atoms with van der Waals surface area (Å²) in [7, 11) is 1.89. The highest BCUT2D eigenvalue weighted by atomic mass is 16.6. The molecule has 1 saturated carbocycles. The van der Waals surface area contributed by atoms with Gasteiger partial charge in [0.15, 0.2) is 0 Å². The molecule has 1 amide bonds. The SMILES string of the molecule is CCCCCCCC1CCC(N(C)C(=O)OC(C)(C)C)CC1. The molecule has 0 spiro atoms. The average molecular weight is 312 g/mol. The van der Waals surface area contributed by atoms with Crippen molar-refractivity contribution in [1.82, 2.24) is 4.90 Å². The molecule has 0 radical (unpaired) electrons. The Morgan fingerprint density at radius 2 is 1.64 bits per heavy atom. The minimum absolute atomic E-state index is 0.171. The molecule has 1 aliphatic carbocycles. The molecule has 0 aromatic carbocycles. The van der Waals surface area contributed by atoms with E-state index in [-0.39, 0.29) is 6.09 Å². The second-order valence-electron chi connectivity index (χ2n) is 7.97. The van der Waals surface area contributed by atoms with Crippen LogP contribution in [0, 0.1) is 5.92 Å². The van der Waals surface area contributed by atoms with Crippen LogP contribution in [0.1, 0.15) is 91.9 Å². The number of hydrogen-bond donors (Lipinski definition) is 0. The maximum Gasteiger partial charge on any atom is 0.410 e. The third-order valence-corrected chi connectivity index (χ3v) is 4.76. The fraction of sp³-hybridized carbons (Fsp3) is 0.947. The van der Waals surface area contributed by atoms with Crippen molar-refractivity contribution < 1.29 is 9.53 Å². The lowest BCUT2D eigenvalue weighted by Crippen LogP contribution is -2.42. The van der Waals surface area contributed by atoms with Crippen LogP contribution in [0.3, 0.4) is 0 Å². The van der Waals surface area contributed by atoms with Crippen LogP contribution >= 0.6 is 0 Å². The minimum atomic E-state index is -0.402. The van der Waals surface area contributed by atoms with Gasteiger partial charge in [0.05, 0.1) is 0 Å². The highest BCUT2D eigenvalue weighted by Crippen LogP contribution is 2.31. The van der Waals surface area contributed by atoms with Gasteiger partial charge in [-0.3, -0.25) is 0 Å². The molecule has 1 fully saturated rings. The lowest BCUT2D eigenvalue weighted by Gasteiger charge is -2.35. The second kappa shape index (κ2) is 9.42. The van der Waals surface area contributed by atoms with Crippen LogP contribution in [-0.2, 0) is 4.74 Å². The number of hydrogen-bond acceptors (Lipinski definition) is 2. The van der Waals surface area contributed by atoms with Gasteiger partial charge in [-0.15, -0.1) is 0 Å². The predicted molar refractivity (Wildman–Crippen MR) is 93.1 cm³/mol. The number of amides is 1. The van der Waals surface area contributed by atoms with Crippen molar-refractivity contribution in [3.63, 3.8) is 0 Å². The second-order valence-corrected chi connectivity index (χ2v) is 7.97. The molecule has 3 nitrogen and oxygen atoms in total. The quantitative estimate of drug-likeness (QED) is 0.558. The van der Waals surface area contributed by atoms with Crippen LogP contribution in [0.5, 0.6) is 0 Å². The lowest BCUT2D eigenvalue weighted by molar-refractivity contribution is 0.0170. The van der Waals surface area contributed by atoms with Crippen molar-refractivity contribution in [3.8, 4) is 0 Å². The molecule has 1 rings (SSSR count). The van der Waals surface area contributed by atoms with E-state index in [1.165, 1.54) is 51.4 Å². The standard InChI is InChI=1S/C19H37NO2/c1-6-7-8-9-10-11-16-12-14-17(15-13-16)20(5)18(21)22-19(2,3)4/h16-17H,6-15H2,1-5H3. The smallest absolute Gasteiger partial charge is 0.410 e. The monoisotopic (exact) mass is 311 g/mol. The fourth-order valence-corrected chi connectivity index (χ4v) is 3.34. The molecule has 0 heterocycles. The summed E-state index contributed by atoms with van der Waals surface area (Å²) in [5.74, 6) is 0.880. The van der Waals surface area contributed by atoms with Gasteiger partial charge in [-0.2, -0.15) is 0 Å². The summed E-state index contributed by atoms with van der Waals surface area (Å²) in [6, 6.07) is 0.367. The first kappa shape index (κ1) is 19.3. The molecule has 3 heteroatoms. The van der Waals surface area contributed by atoms with E-state index in [0.29, 0.717) is 6.04 Å². The highest BCUT2D eigenvalue weighted by molar-refractivity contribution is 5.68. The maximum absolute atomic E-state index is 12.1. The van der Waals surface area contributed by atoms with Gasteiger partial charge in [0.2, 0.25) is 0 Å². The summed E-state index contributed by atoms with van der Waals surface area (Å²) >= 11 is 0. The first-order valence-electron chi connectivity index (χ1n) is 9.29. The number of rotatable bonds is 7. The van der Waals surface area contributed by atoms with E-state index in [1.807, 2.05) is 32.7 Å². The molecule has 0 N–H and O–H groups in total. The first-order valence-corrected chi connectivity index (χ1v) is 9.29. The van der Waals surface area contributed by atoms with Gasteiger partial charge < -0.3 is 9.64 Å². The number of nitrogens with zero attached hydrogens (tertiary/aromatic N) is 1. The van der Waals surface area contributed by atoms with E-state index in [0.717, 1.165) is 18.8 Å². The zero-order valence-corrected chi connectivity index (χ0v) is 15.5. The van der Waals surface area contributed by atoms with E-state index < -0.39 is 5.60 Å². The Labute approximate surface area is 137 Å². The van der Waals surface area contributed by atoms with Gasteiger partial charge in [0.1, 0.15) is 5.60 Å². The third-order valence-electron chi connectivity index (χ3n) is 4.76. The van der Waals surface area contributed by atoms with Crippen molar-refractivity contribution in [2.75, 3.05) is 7.05 Å². The third kappa shape index (κ3) is 7.51. The zero-order chi connectivity index (χ0) is 16.6.